The van der Waals surface area contributed by atoms with E-state index in [2.05, 4.69) is 27.3 Å². The first kappa shape index (κ1) is 30.0. The second kappa shape index (κ2) is 11.3. The number of nitriles is 1. The molecule has 11 heteroatoms. The molecule has 0 aromatic heterocycles. The molecule has 4 aliphatic heterocycles. The number of aromatic hydroxyl groups is 2. The molecule has 4 aliphatic rings. The molecule has 1 fully saturated rings. The smallest absolute Gasteiger partial charge is 0.243 e. The molecule has 0 aliphatic carbocycles. The first-order valence-electron chi connectivity index (χ1n) is 13.6. The molecule has 1 radical (unpaired) electrons. The molecule has 4 heterocycles. The number of fused-ring (bicyclic) bond motifs is 9. The van der Waals surface area contributed by atoms with Crippen LogP contribution in [0.4, 0.5) is 0 Å². The molecule has 5 atom stereocenters. The van der Waals surface area contributed by atoms with E-state index < -0.39 is 12.1 Å². The Morgan fingerprint density at radius 1 is 1.20 bits per heavy atom. The number of methoxy groups -OCH3 is 1. The largest absolute Gasteiger partial charge is 0.507 e. The van der Waals surface area contributed by atoms with E-state index in [1.165, 1.54) is 6.08 Å². The minimum atomic E-state index is -0.526. The minimum absolute atomic E-state index is 0. The zero-order chi connectivity index (χ0) is 28.5. The molecule has 10 nitrogen and oxygen atoms in total. The van der Waals surface area contributed by atoms with Crippen molar-refractivity contribution in [1.82, 2.24) is 15.1 Å². The molecule has 213 valence electrons. The fourth-order valence-corrected chi connectivity index (χ4v) is 7.45. The van der Waals surface area contributed by atoms with Gasteiger partial charge < -0.3 is 29.7 Å². The van der Waals surface area contributed by atoms with Gasteiger partial charge in [0.15, 0.2) is 23.0 Å². The van der Waals surface area contributed by atoms with Gasteiger partial charge >= 0.3 is 0 Å². The summed E-state index contributed by atoms with van der Waals surface area (Å²) in [5.41, 5.74) is 4.66. The fourth-order valence-electron chi connectivity index (χ4n) is 7.45. The van der Waals surface area contributed by atoms with Crippen LogP contribution in [0.25, 0.3) is 0 Å². The van der Waals surface area contributed by atoms with Crippen molar-refractivity contribution in [3.05, 3.63) is 51.6 Å². The number of nitrogens with zero attached hydrogens (tertiary/aromatic N) is 3. The number of hydrogen-bond acceptors (Lipinski definition) is 9. The van der Waals surface area contributed by atoms with E-state index >= 15 is 0 Å². The van der Waals surface area contributed by atoms with E-state index in [9.17, 15) is 20.3 Å². The minimum Gasteiger partial charge on any atom is -0.507 e. The van der Waals surface area contributed by atoms with Crippen molar-refractivity contribution in [1.29, 1.82) is 5.26 Å². The Balaban J connectivity index is 0.00000337. The number of phenols is 2. The third-order valence-electron chi connectivity index (χ3n) is 9.08. The van der Waals surface area contributed by atoms with Crippen molar-refractivity contribution < 1.29 is 73.3 Å². The summed E-state index contributed by atoms with van der Waals surface area (Å²) in [5.74, 6) is 1.47. The molecular formula is C30H34AcN4O6. The Bertz CT molecular complexity index is 1490. The van der Waals surface area contributed by atoms with Gasteiger partial charge in [0.2, 0.25) is 12.7 Å². The maximum atomic E-state index is 12.6. The molecule has 2 bridgehead atoms. The maximum absolute atomic E-state index is 12.6. The number of hydrogen-bond donors (Lipinski definition) is 3. The number of likely N-dealkylation sites (N-methyl/N-ethyl adjacent to an activating group) is 1. The predicted octanol–water partition coefficient (Wildman–Crippen LogP) is 2.92. The molecule has 6 rings (SSSR count). The summed E-state index contributed by atoms with van der Waals surface area (Å²) in [6, 6.07) is 2.86. The van der Waals surface area contributed by atoms with Crippen molar-refractivity contribution in [2.24, 2.45) is 0 Å². The van der Waals surface area contributed by atoms with E-state index in [0.717, 1.165) is 22.3 Å². The van der Waals surface area contributed by atoms with Gasteiger partial charge in [0.25, 0.3) is 0 Å². The van der Waals surface area contributed by atoms with Crippen LogP contribution in [0.1, 0.15) is 52.4 Å². The van der Waals surface area contributed by atoms with Crippen molar-refractivity contribution in [3.8, 4) is 34.8 Å². The van der Waals surface area contributed by atoms with E-state index in [-0.39, 0.29) is 92.9 Å². The Kier molecular flexibility index (Phi) is 8.26. The van der Waals surface area contributed by atoms with Crippen LogP contribution in [0.3, 0.4) is 0 Å². The molecule has 1 amide bonds. The summed E-state index contributed by atoms with van der Waals surface area (Å²) in [4.78, 5) is 16.9. The molecule has 0 saturated carbocycles. The van der Waals surface area contributed by atoms with Crippen LogP contribution in [0, 0.1) is 69.2 Å². The van der Waals surface area contributed by atoms with E-state index in [1.54, 1.807) is 27.0 Å². The van der Waals surface area contributed by atoms with Gasteiger partial charge in [0.05, 0.1) is 25.3 Å². The zero-order valence-corrected chi connectivity index (χ0v) is 28.6. The monoisotopic (exact) mass is 773 g/mol. The number of carbonyl (C=O) groups excluding carboxylic acids is 1. The Morgan fingerprint density at radius 3 is 2.61 bits per heavy atom. The van der Waals surface area contributed by atoms with Gasteiger partial charge in [-0.3, -0.25) is 14.6 Å². The number of allylic oxidation sites excluding steroid dienone is 1. The summed E-state index contributed by atoms with van der Waals surface area (Å²) < 4.78 is 17.3. The SMILES string of the molecule is C/C=C/C(=O)NC[C@H]1c2c(c(O)c(C)c3c2OCO3)CC2[C@H]3c4c(cc(C)c(OC)c4O)C[C@@H]([C@H](C#N)N21)N3C.[Ac]. The summed E-state index contributed by atoms with van der Waals surface area (Å²) >= 11 is 0. The number of amides is 1. The molecular weight excluding hydrogens is 739 g/mol. The summed E-state index contributed by atoms with van der Waals surface area (Å²) in [6.45, 7) is 5.71. The Labute approximate surface area is 275 Å². The number of aryl methyl sites for hydroxylation is 1. The number of carbonyl (C=O) groups is 1. The van der Waals surface area contributed by atoms with Gasteiger partial charge in [-0.05, 0) is 57.9 Å². The summed E-state index contributed by atoms with van der Waals surface area (Å²) in [7, 11) is 3.54. The van der Waals surface area contributed by atoms with Gasteiger partial charge in [-0.2, -0.15) is 5.26 Å². The van der Waals surface area contributed by atoms with E-state index in [0.29, 0.717) is 41.2 Å². The van der Waals surface area contributed by atoms with Gasteiger partial charge in [-0.1, -0.05) is 12.1 Å². The average molecular weight is 774 g/mol. The standard InChI is InChI=1S/C30H34N4O6.Ac/c1-6-7-22(35)32-12-21-24-17(26(36)15(3)29-30(24)40-13-39-29)10-19-25-23-16(8-14(2)28(38-5)27(23)37)9-18(33(25)4)20(11-31)34(19)21;/h6-8,18-21,25,36-37H,9-10,12-13H2,1-5H3,(H,32,35);/b7-6+;/t18-,19?,20-,21-,25-;/m0./s1. The zero-order valence-electron chi connectivity index (χ0n) is 23.9. The number of ether oxygens (including phenoxy) is 3. The molecule has 2 aromatic carbocycles. The van der Waals surface area contributed by atoms with Crippen molar-refractivity contribution in [3.63, 3.8) is 0 Å². The van der Waals surface area contributed by atoms with Crippen LogP contribution < -0.4 is 19.5 Å². The van der Waals surface area contributed by atoms with Crippen molar-refractivity contribution >= 4 is 5.91 Å². The number of nitrogens with one attached hydrogen (secondary N) is 1. The summed E-state index contributed by atoms with van der Waals surface area (Å²) in [5, 5.41) is 36.6. The van der Waals surface area contributed by atoms with Crippen LogP contribution in [0.15, 0.2) is 18.2 Å². The van der Waals surface area contributed by atoms with Crippen molar-refractivity contribution in [2.45, 2.75) is 63.8 Å². The third-order valence-corrected chi connectivity index (χ3v) is 9.08. The molecule has 2 aromatic rings. The predicted molar refractivity (Wildman–Crippen MR) is 146 cm³/mol. The van der Waals surface area contributed by atoms with Gasteiger partial charge in [-0.15, -0.1) is 0 Å². The summed E-state index contributed by atoms with van der Waals surface area (Å²) in [6.07, 6.45) is 4.11. The van der Waals surface area contributed by atoms with Gasteiger partial charge in [0, 0.05) is 84.9 Å². The number of rotatable bonds is 4. The van der Waals surface area contributed by atoms with Crippen LogP contribution in [0.2, 0.25) is 0 Å². The second-order valence-corrected chi connectivity index (χ2v) is 11.0. The molecule has 41 heavy (non-hydrogen) atoms. The fraction of sp³-hybridized carbons (Fsp3) is 0.467. The van der Waals surface area contributed by atoms with E-state index in [4.69, 9.17) is 14.2 Å². The molecule has 1 unspecified atom stereocenters. The normalized spacial score (nSPS) is 25.9. The molecule has 0 spiro atoms. The van der Waals surface area contributed by atoms with Gasteiger partial charge in [-0.25, -0.2) is 0 Å². The first-order chi connectivity index (χ1) is 19.2. The van der Waals surface area contributed by atoms with Crippen LogP contribution in [0.5, 0.6) is 28.7 Å². The number of benzene rings is 2. The van der Waals surface area contributed by atoms with Gasteiger partial charge in [0.1, 0.15) is 11.8 Å². The first-order valence-corrected chi connectivity index (χ1v) is 13.6. The Hall–Kier alpha value is -2.50. The molecule has 1 saturated heterocycles. The van der Waals surface area contributed by atoms with Crippen molar-refractivity contribution in [2.75, 3.05) is 27.5 Å². The molecule has 3 N–H and O–H groups in total. The number of phenolic OH excluding ortho intramolecular Hbond substituents is 2. The van der Waals surface area contributed by atoms with Crippen LogP contribution >= 0.6 is 0 Å². The average Bonchev–Trinajstić information content (AvgIpc) is 3.41. The van der Waals surface area contributed by atoms with E-state index in [1.807, 2.05) is 14.0 Å². The second-order valence-electron chi connectivity index (χ2n) is 11.0. The quantitative estimate of drug-likeness (QED) is 0.403. The third kappa shape index (κ3) is 4.41. The van der Waals surface area contributed by atoms with Crippen LogP contribution in [-0.4, -0.2) is 71.5 Å². The number of piperazine rings is 1. The maximum Gasteiger partial charge on any atom is 0.243 e. The van der Waals surface area contributed by atoms with Crippen LogP contribution in [-0.2, 0) is 17.6 Å². The topological polar surface area (TPSA) is 128 Å². The Morgan fingerprint density at radius 2 is 1.93 bits per heavy atom.